The number of phenols is 1. The third kappa shape index (κ3) is 2.84. The smallest absolute Gasteiger partial charge is 0.270 e. The largest absolute Gasteiger partial charge is 0.508 e. The average molecular weight is 313 g/mol. The lowest BCUT2D eigenvalue weighted by molar-refractivity contribution is -0.113. The second-order valence-corrected chi connectivity index (χ2v) is 6.12. The molecule has 3 nitrogen and oxygen atoms in total. The average Bonchev–Trinajstić information content (AvgIpc) is 2.74. The first kappa shape index (κ1) is 13.9. The van der Waals surface area contributed by atoms with Gasteiger partial charge in [0.15, 0.2) is 4.32 Å². The summed E-state index contributed by atoms with van der Waals surface area (Å²) in [4.78, 5) is 14.6. The van der Waals surface area contributed by atoms with E-state index < -0.39 is 0 Å². The fourth-order valence-corrected chi connectivity index (χ4v) is 3.33. The van der Waals surface area contributed by atoms with E-state index in [9.17, 15) is 9.90 Å². The number of rotatable bonds is 2. The van der Waals surface area contributed by atoms with Crippen molar-refractivity contribution in [3.8, 4) is 5.75 Å². The van der Waals surface area contributed by atoms with E-state index in [1.54, 1.807) is 24.3 Å². The molecule has 104 valence electrons. The maximum atomic E-state index is 12.5. The fourth-order valence-electron chi connectivity index (χ4n) is 2.03. The van der Waals surface area contributed by atoms with Crippen molar-refractivity contribution in [3.05, 3.63) is 65.1 Å². The molecule has 0 radical (unpaired) electrons. The van der Waals surface area contributed by atoms with E-state index in [0.717, 1.165) is 11.3 Å². The van der Waals surface area contributed by atoms with Gasteiger partial charge in [-0.2, -0.15) is 0 Å². The lowest BCUT2D eigenvalue weighted by atomic mass is 10.2. The molecule has 2 aromatic carbocycles. The molecule has 1 N–H and O–H groups in total. The Balaban J connectivity index is 1.94. The minimum absolute atomic E-state index is 0.139. The summed E-state index contributed by atoms with van der Waals surface area (Å²) in [5.74, 6) is 0.0295. The molecule has 0 atom stereocenters. The highest BCUT2D eigenvalue weighted by Crippen LogP contribution is 2.36. The van der Waals surface area contributed by atoms with E-state index in [-0.39, 0.29) is 11.7 Å². The zero-order valence-electron chi connectivity index (χ0n) is 10.9. The first-order valence-electron chi connectivity index (χ1n) is 6.27. The number of para-hydroxylation sites is 1. The van der Waals surface area contributed by atoms with E-state index in [1.165, 1.54) is 16.7 Å². The van der Waals surface area contributed by atoms with E-state index in [2.05, 4.69) is 0 Å². The van der Waals surface area contributed by atoms with Gasteiger partial charge in [-0.3, -0.25) is 9.69 Å². The van der Waals surface area contributed by atoms with Crippen LogP contribution in [0.3, 0.4) is 0 Å². The fraction of sp³-hybridized carbons (Fsp3) is 0. The molecule has 2 aromatic rings. The van der Waals surface area contributed by atoms with E-state index in [0.29, 0.717) is 9.23 Å². The van der Waals surface area contributed by atoms with Crippen molar-refractivity contribution in [2.75, 3.05) is 4.90 Å². The van der Waals surface area contributed by atoms with Gasteiger partial charge in [0.2, 0.25) is 0 Å². The molecule has 1 aliphatic heterocycles. The molecule has 5 heteroatoms. The SMILES string of the molecule is O=C1/C(=C/c2cccc(O)c2)SC(=S)N1c1ccccc1. The highest BCUT2D eigenvalue weighted by molar-refractivity contribution is 8.27. The Morgan fingerprint density at radius 1 is 1.10 bits per heavy atom. The molecule has 1 saturated heterocycles. The van der Waals surface area contributed by atoms with Gasteiger partial charge < -0.3 is 5.11 Å². The van der Waals surface area contributed by atoms with Gasteiger partial charge in [0.25, 0.3) is 5.91 Å². The van der Waals surface area contributed by atoms with Crippen LogP contribution in [0.4, 0.5) is 5.69 Å². The zero-order chi connectivity index (χ0) is 14.8. The minimum Gasteiger partial charge on any atom is -0.508 e. The van der Waals surface area contributed by atoms with Crippen LogP contribution in [0.1, 0.15) is 5.56 Å². The zero-order valence-corrected chi connectivity index (χ0v) is 12.5. The number of phenolic OH excluding ortho intramolecular Hbond substituents is 1. The van der Waals surface area contributed by atoms with Crippen molar-refractivity contribution in [1.82, 2.24) is 0 Å². The Bertz CT molecular complexity index is 741. The Morgan fingerprint density at radius 3 is 2.57 bits per heavy atom. The molecule has 1 fully saturated rings. The Hall–Kier alpha value is -2.11. The first-order valence-corrected chi connectivity index (χ1v) is 7.50. The van der Waals surface area contributed by atoms with Gasteiger partial charge in [-0.05, 0) is 35.9 Å². The monoisotopic (exact) mass is 313 g/mol. The van der Waals surface area contributed by atoms with Crippen molar-refractivity contribution in [3.63, 3.8) is 0 Å². The van der Waals surface area contributed by atoms with Crippen molar-refractivity contribution in [2.45, 2.75) is 0 Å². The summed E-state index contributed by atoms with van der Waals surface area (Å²) in [6.45, 7) is 0. The van der Waals surface area contributed by atoms with Crippen LogP contribution in [0, 0.1) is 0 Å². The van der Waals surface area contributed by atoms with E-state index in [1.807, 2.05) is 36.4 Å². The number of hydrogen-bond donors (Lipinski definition) is 1. The molecule has 0 spiro atoms. The summed E-state index contributed by atoms with van der Waals surface area (Å²) < 4.78 is 0.512. The normalized spacial score (nSPS) is 16.8. The maximum Gasteiger partial charge on any atom is 0.270 e. The highest BCUT2D eigenvalue weighted by atomic mass is 32.2. The quantitative estimate of drug-likeness (QED) is 0.676. The van der Waals surface area contributed by atoms with Crippen LogP contribution in [0.2, 0.25) is 0 Å². The summed E-state index contributed by atoms with van der Waals surface area (Å²) in [6, 6.07) is 16.1. The van der Waals surface area contributed by atoms with Gasteiger partial charge in [0, 0.05) is 0 Å². The highest BCUT2D eigenvalue weighted by Gasteiger charge is 2.33. The van der Waals surface area contributed by atoms with Gasteiger partial charge >= 0.3 is 0 Å². The molecule has 21 heavy (non-hydrogen) atoms. The lowest BCUT2D eigenvalue weighted by Crippen LogP contribution is -2.27. The van der Waals surface area contributed by atoms with E-state index >= 15 is 0 Å². The third-order valence-electron chi connectivity index (χ3n) is 2.98. The molecular weight excluding hydrogens is 302 g/mol. The molecule has 0 bridgehead atoms. The molecular formula is C16H11NO2S2. The van der Waals surface area contributed by atoms with Crippen LogP contribution >= 0.6 is 24.0 Å². The summed E-state index contributed by atoms with van der Waals surface area (Å²) >= 11 is 6.56. The number of anilines is 1. The molecule has 1 heterocycles. The number of benzene rings is 2. The Labute approximate surface area is 131 Å². The van der Waals surface area contributed by atoms with Gasteiger partial charge in [0.05, 0.1) is 10.6 Å². The second-order valence-electron chi connectivity index (χ2n) is 4.45. The molecule has 0 unspecified atom stereocenters. The van der Waals surface area contributed by atoms with Crippen LogP contribution in [0.25, 0.3) is 6.08 Å². The number of hydrogen-bond acceptors (Lipinski definition) is 4. The molecule has 1 aliphatic rings. The van der Waals surface area contributed by atoms with E-state index in [4.69, 9.17) is 12.2 Å². The summed E-state index contributed by atoms with van der Waals surface area (Å²) in [6.07, 6.45) is 1.74. The molecule has 1 amide bonds. The first-order chi connectivity index (χ1) is 10.1. The predicted octanol–water partition coefficient (Wildman–Crippen LogP) is 3.80. The number of thiocarbonyl (C=S) groups is 1. The van der Waals surface area contributed by atoms with Gasteiger partial charge in [-0.1, -0.05) is 54.3 Å². The van der Waals surface area contributed by atoms with Crippen molar-refractivity contribution < 1.29 is 9.90 Å². The summed E-state index contributed by atoms with van der Waals surface area (Å²) in [7, 11) is 0. The van der Waals surface area contributed by atoms with Crippen LogP contribution in [0.15, 0.2) is 59.5 Å². The number of aromatic hydroxyl groups is 1. The third-order valence-corrected chi connectivity index (χ3v) is 4.28. The Kier molecular flexibility index (Phi) is 3.77. The number of amides is 1. The van der Waals surface area contributed by atoms with Crippen molar-refractivity contribution in [2.24, 2.45) is 0 Å². The molecule has 0 aromatic heterocycles. The lowest BCUT2D eigenvalue weighted by Gasteiger charge is -2.13. The minimum atomic E-state index is -0.139. The predicted molar refractivity (Wildman–Crippen MR) is 90.2 cm³/mol. The summed E-state index contributed by atoms with van der Waals surface area (Å²) in [5.41, 5.74) is 1.53. The van der Waals surface area contributed by atoms with Crippen LogP contribution in [0.5, 0.6) is 5.75 Å². The van der Waals surface area contributed by atoms with Gasteiger partial charge in [0.1, 0.15) is 5.75 Å². The second kappa shape index (κ2) is 5.71. The number of nitrogens with zero attached hydrogens (tertiary/aromatic N) is 1. The molecule has 0 saturated carbocycles. The maximum absolute atomic E-state index is 12.5. The topological polar surface area (TPSA) is 40.5 Å². The van der Waals surface area contributed by atoms with Crippen molar-refractivity contribution in [1.29, 1.82) is 0 Å². The van der Waals surface area contributed by atoms with Gasteiger partial charge in [-0.25, -0.2) is 0 Å². The summed E-state index contributed by atoms with van der Waals surface area (Å²) in [5, 5.41) is 9.48. The number of thioether (sulfide) groups is 1. The number of carbonyl (C=O) groups excluding carboxylic acids is 1. The van der Waals surface area contributed by atoms with Crippen LogP contribution in [-0.2, 0) is 4.79 Å². The Morgan fingerprint density at radius 2 is 1.86 bits per heavy atom. The standard InChI is InChI=1S/C16H11NO2S2/c18-13-8-4-5-11(9-13)10-14-15(19)17(16(20)21-14)12-6-2-1-3-7-12/h1-10,18H/b14-10-. The molecule has 3 rings (SSSR count). The number of carbonyl (C=O) groups is 1. The van der Waals surface area contributed by atoms with Gasteiger partial charge in [-0.15, -0.1) is 0 Å². The van der Waals surface area contributed by atoms with Crippen LogP contribution in [-0.4, -0.2) is 15.3 Å². The van der Waals surface area contributed by atoms with Crippen molar-refractivity contribution >= 4 is 46.0 Å². The molecule has 0 aliphatic carbocycles. The van der Waals surface area contributed by atoms with Crippen LogP contribution < -0.4 is 4.90 Å².